The van der Waals surface area contributed by atoms with Gasteiger partial charge in [-0.15, -0.1) is 0 Å². The fourth-order valence-electron chi connectivity index (χ4n) is 3.96. The second-order valence-electron chi connectivity index (χ2n) is 8.16. The third kappa shape index (κ3) is 4.53. The molecule has 6 heteroatoms. The highest BCUT2D eigenvalue weighted by Gasteiger charge is 2.26. The highest BCUT2D eigenvalue weighted by Crippen LogP contribution is 2.31. The van der Waals surface area contributed by atoms with Gasteiger partial charge in [-0.05, 0) is 70.0 Å². The molecule has 30 heavy (non-hydrogen) atoms. The van der Waals surface area contributed by atoms with Crippen molar-refractivity contribution < 1.29 is 9.53 Å². The Kier molecular flexibility index (Phi) is 5.84. The van der Waals surface area contributed by atoms with E-state index in [1.165, 1.54) is 5.56 Å². The molecule has 1 saturated heterocycles. The van der Waals surface area contributed by atoms with Gasteiger partial charge < -0.3 is 15.0 Å². The summed E-state index contributed by atoms with van der Waals surface area (Å²) < 4.78 is 5.65. The zero-order valence-corrected chi connectivity index (χ0v) is 17.8. The van der Waals surface area contributed by atoms with Crippen LogP contribution in [0.15, 0.2) is 48.8 Å². The Morgan fingerprint density at radius 2 is 1.83 bits per heavy atom. The summed E-state index contributed by atoms with van der Waals surface area (Å²) in [7, 11) is 0. The van der Waals surface area contributed by atoms with Crippen molar-refractivity contribution in [2.75, 3.05) is 18.4 Å². The average molecular weight is 405 g/mol. The van der Waals surface area contributed by atoms with Crippen LogP contribution < -0.4 is 10.1 Å². The molecule has 0 radical (unpaired) electrons. The van der Waals surface area contributed by atoms with E-state index < -0.39 is 0 Å². The number of aryl methyl sites for hydroxylation is 1. The van der Waals surface area contributed by atoms with Gasteiger partial charge in [0.15, 0.2) is 0 Å². The topological polar surface area (TPSA) is 67.4 Å². The lowest BCUT2D eigenvalue weighted by Gasteiger charge is -2.32. The Balaban J connectivity index is 1.38. The van der Waals surface area contributed by atoms with E-state index in [0.29, 0.717) is 19.0 Å². The van der Waals surface area contributed by atoms with Crippen LogP contribution in [0.25, 0.3) is 10.9 Å². The van der Waals surface area contributed by atoms with E-state index in [1.54, 1.807) is 6.33 Å². The second kappa shape index (κ2) is 8.69. The predicted octanol–water partition coefficient (Wildman–Crippen LogP) is 5.14. The normalized spacial score (nSPS) is 14.9. The molecular weight excluding hydrogens is 376 g/mol. The first-order valence-corrected chi connectivity index (χ1v) is 10.5. The number of hydrogen-bond acceptors (Lipinski definition) is 4. The molecule has 2 amide bonds. The molecule has 0 saturated carbocycles. The summed E-state index contributed by atoms with van der Waals surface area (Å²) in [5.74, 6) is 1.14. The van der Waals surface area contributed by atoms with E-state index in [-0.39, 0.29) is 12.1 Å². The van der Waals surface area contributed by atoms with Crippen LogP contribution in [-0.4, -0.2) is 40.1 Å². The molecule has 0 spiro atoms. The predicted molar refractivity (Wildman–Crippen MR) is 119 cm³/mol. The molecule has 1 aliphatic rings. The van der Waals surface area contributed by atoms with Gasteiger partial charge in [-0.2, -0.15) is 0 Å². The number of rotatable bonds is 4. The number of piperidine rings is 1. The van der Waals surface area contributed by atoms with Crippen LogP contribution in [0.5, 0.6) is 5.75 Å². The maximum atomic E-state index is 12.7. The van der Waals surface area contributed by atoms with E-state index >= 15 is 0 Å². The van der Waals surface area contributed by atoms with Gasteiger partial charge in [0.05, 0.1) is 17.3 Å². The van der Waals surface area contributed by atoms with Gasteiger partial charge in [-0.3, -0.25) is 0 Å². The van der Waals surface area contributed by atoms with E-state index in [1.807, 2.05) is 43.0 Å². The number of fused-ring (bicyclic) bond motifs is 1. The molecule has 1 aliphatic heterocycles. The molecule has 0 aliphatic carbocycles. The number of urea groups is 1. The molecule has 0 atom stereocenters. The number of amides is 2. The van der Waals surface area contributed by atoms with Gasteiger partial charge in [-0.1, -0.05) is 11.6 Å². The van der Waals surface area contributed by atoms with Gasteiger partial charge >= 0.3 is 6.03 Å². The Bertz CT molecular complexity index is 1030. The fourth-order valence-corrected chi connectivity index (χ4v) is 3.96. The van der Waals surface area contributed by atoms with Crippen molar-refractivity contribution in [1.82, 2.24) is 14.9 Å². The van der Waals surface area contributed by atoms with E-state index in [4.69, 9.17) is 4.74 Å². The van der Waals surface area contributed by atoms with Crippen LogP contribution in [0.4, 0.5) is 10.5 Å². The minimum atomic E-state index is -0.0608. The first kappa shape index (κ1) is 20.1. The lowest BCUT2D eigenvalue weighted by Crippen LogP contribution is -2.40. The van der Waals surface area contributed by atoms with Crippen molar-refractivity contribution in [3.8, 4) is 5.75 Å². The number of nitrogens with one attached hydrogen (secondary N) is 1. The molecule has 0 unspecified atom stereocenters. The van der Waals surface area contributed by atoms with Gasteiger partial charge in [-0.25, -0.2) is 14.8 Å². The van der Waals surface area contributed by atoms with Crippen LogP contribution in [0.1, 0.15) is 43.9 Å². The first-order chi connectivity index (χ1) is 14.5. The fraction of sp³-hybridized carbons (Fsp3) is 0.375. The smallest absolute Gasteiger partial charge is 0.321 e. The van der Waals surface area contributed by atoms with Gasteiger partial charge in [0.1, 0.15) is 12.1 Å². The van der Waals surface area contributed by atoms with Crippen molar-refractivity contribution in [3.63, 3.8) is 0 Å². The second-order valence-corrected chi connectivity index (χ2v) is 8.16. The van der Waals surface area contributed by atoms with E-state index in [9.17, 15) is 4.79 Å². The molecule has 6 nitrogen and oxygen atoms in total. The zero-order chi connectivity index (χ0) is 21.1. The third-order valence-electron chi connectivity index (χ3n) is 5.47. The molecule has 2 aromatic carbocycles. The molecule has 1 fully saturated rings. The van der Waals surface area contributed by atoms with Crippen molar-refractivity contribution in [2.24, 2.45) is 0 Å². The van der Waals surface area contributed by atoms with Gasteiger partial charge in [0, 0.05) is 30.1 Å². The van der Waals surface area contributed by atoms with Gasteiger partial charge in [0.25, 0.3) is 0 Å². The summed E-state index contributed by atoms with van der Waals surface area (Å²) in [5.41, 5.74) is 4.07. The Labute approximate surface area is 177 Å². The largest absolute Gasteiger partial charge is 0.491 e. The average Bonchev–Trinajstić information content (AvgIpc) is 2.74. The van der Waals surface area contributed by atoms with Crippen LogP contribution in [0.2, 0.25) is 0 Å². The molecule has 4 rings (SSSR count). The molecule has 0 bridgehead atoms. The maximum Gasteiger partial charge on any atom is 0.321 e. The summed E-state index contributed by atoms with van der Waals surface area (Å²) in [5, 5.41) is 4.12. The number of benzene rings is 2. The van der Waals surface area contributed by atoms with Gasteiger partial charge in [0.2, 0.25) is 0 Å². The molecule has 2 heterocycles. The van der Waals surface area contributed by atoms with Crippen LogP contribution in [0.3, 0.4) is 0 Å². The summed E-state index contributed by atoms with van der Waals surface area (Å²) in [6, 6.07) is 13.7. The standard InChI is InChI=1S/C24H28N4O2/c1-16(2)30-20-7-5-19(6-8-20)27-24(29)28-12-10-18(11-13-28)23-21-14-17(3)4-9-22(21)25-15-26-23/h4-9,14-16,18H,10-13H2,1-3H3,(H,27,29). The number of hydrogen-bond donors (Lipinski definition) is 1. The van der Waals surface area contributed by atoms with E-state index in [0.717, 1.165) is 40.9 Å². The molecule has 1 aromatic heterocycles. The number of carbonyl (C=O) groups is 1. The monoisotopic (exact) mass is 404 g/mol. The number of aromatic nitrogens is 2. The highest BCUT2D eigenvalue weighted by molar-refractivity contribution is 5.89. The molecule has 3 aromatic rings. The van der Waals surface area contributed by atoms with Crippen molar-refractivity contribution in [1.29, 1.82) is 0 Å². The lowest BCUT2D eigenvalue weighted by molar-refractivity contribution is 0.194. The number of carbonyl (C=O) groups excluding carboxylic acids is 1. The number of ether oxygens (including phenoxy) is 1. The quantitative estimate of drug-likeness (QED) is 0.654. The maximum absolute atomic E-state index is 12.7. The third-order valence-corrected chi connectivity index (χ3v) is 5.47. The summed E-state index contributed by atoms with van der Waals surface area (Å²) in [6.07, 6.45) is 3.57. The van der Waals surface area contributed by atoms with Crippen LogP contribution in [-0.2, 0) is 0 Å². The van der Waals surface area contributed by atoms with E-state index in [2.05, 4.69) is 40.4 Å². The number of likely N-dealkylation sites (tertiary alicyclic amines) is 1. The lowest BCUT2D eigenvalue weighted by atomic mass is 9.91. The Morgan fingerprint density at radius 1 is 1.10 bits per heavy atom. The number of nitrogens with zero attached hydrogens (tertiary/aromatic N) is 3. The van der Waals surface area contributed by atoms with Crippen molar-refractivity contribution >= 4 is 22.6 Å². The van der Waals surface area contributed by atoms with Crippen molar-refractivity contribution in [2.45, 2.75) is 45.6 Å². The Hall–Kier alpha value is -3.15. The summed E-state index contributed by atoms with van der Waals surface area (Å²) in [6.45, 7) is 7.49. The Morgan fingerprint density at radius 3 is 2.53 bits per heavy atom. The zero-order valence-electron chi connectivity index (χ0n) is 17.8. The minimum absolute atomic E-state index is 0.0608. The molecular formula is C24H28N4O2. The van der Waals surface area contributed by atoms with Crippen molar-refractivity contribution in [3.05, 3.63) is 60.0 Å². The molecule has 156 valence electrons. The molecule has 1 N–H and O–H groups in total. The first-order valence-electron chi connectivity index (χ1n) is 10.5. The highest BCUT2D eigenvalue weighted by atomic mass is 16.5. The summed E-state index contributed by atoms with van der Waals surface area (Å²) >= 11 is 0. The van der Waals surface area contributed by atoms with Crippen LogP contribution >= 0.6 is 0 Å². The van der Waals surface area contributed by atoms with Crippen LogP contribution in [0, 0.1) is 6.92 Å². The SMILES string of the molecule is Cc1ccc2ncnc(C3CCN(C(=O)Nc4ccc(OC(C)C)cc4)CC3)c2c1. The minimum Gasteiger partial charge on any atom is -0.491 e. The number of anilines is 1. The summed E-state index contributed by atoms with van der Waals surface area (Å²) in [4.78, 5) is 23.6.